The molecule has 2 saturated heterocycles. The number of hydroxylamine groups is 1. The van der Waals surface area contributed by atoms with E-state index in [1.807, 2.05) is 25.4 Å². The quantitative estimate of drug-likeness (QED) is 0.0980. The van der Waals surface area contributed by atoms with Gasteiger partial charge in [-0.3, -0.25) is 9.63 Å². The van der Waals surface area contributed by atoms with Crippen molar-refractivity contribution in [3.05, 3.63) is 29.6 Å². The second-order valence-electron chi connectivity index (χ2n) is 9.47. The maximum atomic E-state index is 11.9. The minimum absolute atomic E-state index is 0.113. The van der Waals surface area contributed by atoms with Gasteiger partial charge in [-0.1, -0.05) is 0 Å². The van der Waals surface area contributed by atoms with Crippen LogP contribution in [0.3, 0.4) is 0 Å². The Morgan fingerprint density at radius 2 is 1.89 bits per heavy atom. The third-order valence-corrected chi connectivity index (χ3v) is 6.29. The van der Waals surface area contributed by atoms with Crippen molar-refractivity contribution in [3.63, 3.8) is 0 Å². The Hall–Kier alpha value is -1.82. The highest BCUT2D eigenvalue weighted by Crippen LogP contribution is 2.29. The van der Waals surface area contributed by atoms with Crippen LogP contribution in [0.4, 0.5) is 0 Å². The van der Waals surface area contributed by atoms with Crippen LogP contribution in [-0.4, -0.2) is 113 Å². The van der Waals surface area contributed by atoms with Gasteiger partial charge in [0.05, 0.1) is 38.6 Å². The summed E-state index contributed by atoms with van der Waals surface area (Å²) in [6.07, 6.45) is -5.53. The van der Waals surface area contributed by atoms with E-state index in [0.29, 0.717) is 19.6 Å². The highest BCUT2D eigenvalue weighted by atomic mass is 16.7. The Labute approximate surface area is 220 Å². The summed E-state index contributed by atoms with van der Waals surface area (Å²) in [6, 6.07) is 1.16. The van der Waals surface area contributed by atoms with E-state index in [-0.39, 0.29) is 25.5 Å². The standard InChI is InChI=1S/C24H39N3O11/c1-13-6-15(9-25-8-13)12-35-26-4-3-5-34-23-19(27-14(2)30)17(7-16(10-28)36-23)37-24-22(33)21(32)20(31)18(11-29)38-24/h6,8-9,16-24,26,28-29,31-33H,3-5,7,10-12H2,1-2H3,(H,27,30)/p+1/t16?,17-,18?,19?,20+,21-,22?,23-,24-/m1/s1. The monoisotopic (exact) mass is 546 g/mol. The molecule has 0 saturated carbocycles. The Kier molecular flexibility index (Phi) is 12.2. The van der Waals surface area contributed by atoms with Gasteiger partial charge in [0.25, 0.3) is 0 Å². The van der Waals surface area contributed by atoms with Gasteiger partial charge in [-0.15, -0.1) is 0 Å². The summed E-state index contributed by atoms with van der Waals surface area (Å²) in [6.45, 7) is 3.40. The van der Waals surface area contributed by atoms with Crippen LogP contribution in [0, 0.1) is 6.92 Å². The zero-order valence-electron chi connectivity index (χ0n) is 21.6. The van der Waals surface area contributed by atoms with Gasteiger partial charge >= 0.3 is 0 Å². The van der Waals surface area contributed by atoms with E-state index in [9.17, 15) is 30.3 Å². The number of amides is 1. The summed E-state index contributed by atoms with van der Waals surface area (Å²) < 4.78 is 23.1. The summed E-state index contributed by atoms with van der Waals surface area (Å²) in [5.41, 5.74) is 4.94. The number of aromatic amines is 1. The van der Waals surface area contributed by atoms with E-state index in [2.05, 4.69) is 15.8 Å². The van der Waals surface area contributed by atoms with Crippen molar-refractivity contribution in [2.75, 3.05) is 26.4 Å². The number of aliphatic hydroxyl groups excluding tert-OH is 5. The lowest BCUT2D eigenvalue weighted by molar-refractivity contribution is -0.379. The largest absolute Gasteiger partial charge is 0.394 e. The Morgan fingerprint density at radius 1 is 1.11 bits per heavy atom. The molecule has 14 heteroatoms. The molecule has 14 nitrogen and oxygen atoms in total. The number of aromatic nitrogens is 1. The molecule has 8 N–H and O–H groups in total. The molecule has 4 unspecified atom stereocenters. The SMILES string of the molecule is CC(=O)NC1[C@H](OCCCNOCc2c[nH+]cc(C)c2)OC(CO)C[C@H]1O[C@@H]1OC(CO)[C@H](O)[C@@H](O)C1O. The van der Waals surface area contributed by atoms with E-state index in [1.165, 1.54) is 6.92 Å². The number of aryl methyl sites for hydroxylation is 1. The number of ether oxygens (including phenoxy) is 4. The van der Waals surface area contributed by atoms with Crippen molar-refractivity contribution in [2.45, 2.75) is 88.5 Å². The predicted molar refractivity (Wildman–Crippen MR) is 128 cm³/mol. The van der Waals surface area contributed by atoms with Crippen molar-refractivity contribution in [2.24, 2.45) is 0 Å². The van der Waals surface area contributed by atoms with Crippen molar-refractivity contribution in [1.82, 2.24) is 10.8 Å². The molecule has 3 rings (SSSR count). The third kappa shape index (κ3) is 8.59. The van der Waals surface area contributed by atoms with Crippen molar-refractivity contribution < 1.29 is 59.1 Å². The van der Waals surface area contributed by atoms with Gasteiger partial charge in [0.2, 0.25) is 5.91 Å². The Morgan fingerprint density at radius 3 is 2.58 bits per heavy atom. The van der Waals surface area contributed by atoms with Crippen LogP contribution < -0.4 is 15.8 Å². The lowest BCUT2D eigenvalue weighted by Crippen LogP contribution is -2.63. The number of hydrogen-bond donors (Lipinski definition) is 7. The summed E-state index contributed by atoms with van der Waals surface area (Å²) in [7, 11) is 0. The van der Waals surface area contributed by atoms with Gasteiger partial charge in [0.1, 0.15) is 30.5 Å². The number of H-pyrrole nitrogens is 1. The Bertz CT molecular complexity index is 864. The summed E-state index contributed by atoms with van der Waals surface area (Å²) in [5, 5.41) is 52.4. The van der Waals surface area contributed by atoms with Gasteiger partial charge < -0.3 is 49.8 Å². The van der Waals surface area contributed by atoms with E-state index in [1.54, 1.807) is 0 Å². The lowest BCUT2D eigenvalue weighted by Gasteiger charge is -2.45. The van der Waals surface area contributed by atoms with Gasteiger partial charge in [-0.05, 0) is 19.4 Å². The van der Waals surface area contributed by atoms with E-state index >= 15 is 0 Å². The normalized spacial score (nSPS) is 33.7. The fourth-order valence-electron chi connectivity index (χ4n) is 4.35. The molecule has 2 aliphatic rings. The molecular weight excluding hydrogens is 506 g/mol. The molecule has 216 valence electrons. The molecule has 1 amide bonds. The van der Waals surface area contributed by atoms with Crippen molar-refractivity contribution >= 4 is 5.91 Å². The number of aliphatic hydroxyl groups is 5. The van der Waals surface area contributed by atoms with Gasteiger partial charge in [0.15, 0.2) is 25.0 Å². The van der Waals surface area contributed by atoms with Crippen LogP contribution in [0.1, 0.15) is 30.9 Å². The molecule has 9 atom stereocenters. The second-order valence-corrected chi connectivity index (χ2v) is 9.47. The lowest BCUT2D eigenvalue weighted by atomic mass is 9.97. The first-order valence-corrected chi connectivity index (χ1v) is 12.7. The van der Waals surface area contributed by atoms with Gasteiger partial charge in [-0.2, -0.15) is 0 Å². The average molecular weight is 547 g/mol. The van der Waals surface area contributed by atoms with Crippen LogP contribution in [0.15, 0.2) is 18.5 Å². The molecule has 38 heavy (non-hydrogen) atoms. The zero-order chi connectivity index (χ0) is 27.7. The first kappa shape index (κ1) is 30.7. The zero-order valence-corrected chi connectivity index (χ0v) is 21.6. The number of nitrogens with one attached hydrogen (secondary N) is 3. The van der Waals surface area contributed by atoms with Gasteiger partial charge in [0, 0.05) is 31.0 Å². The average Bonchev–Trinajstić information content (AvgIpc) is 2.89. The second kappa shape index (κ2) is 15.1. The summed E-state index contributed by atoms with van der Waals surface area (Å²) >= 11 is 0. The minimum Gasteiger partial charge on any atom is -0.394 e. The van der Waals surface area contributed by atoms with E-state index < -0.39 is 61.9 Å². The maximum absolute atomic E-state index is 11.9. The van der Waals surface area contributed by atoms with Crippen molar-refractivity contribution in [3.8, 4) is 0 Å². The van der Waals surface area contributed by atoms with E-state index in [0.717, 1.165) is 11.1 Å². The van der Waals surface area contributed by atoms with Crippen LogP contribution in [0.5, 0.6) is 0 Å². The molecular formula is C24H40N3O11+. The van der Waals surface area contributed by atoms with Crippen LogP contribution >= 0.6 is 0 Å². The Balaban J connectivity index is 1.54. The summed E-state index contributed by atoms with van der Waals surface area (Å²) in [5.74, 6) is -0.388. The fourth-order valence-corrected chi connectivity index (χ4v) is 4.35. The number of pyridine rings is 1. The molecule has 0 spiro atoms. The van der Waals surface area contributed by atoms with Crippen LogP contribution in [0.2, 0.25) is 0 Å². The topological polar surface area (TPSA) is 203 Å². The molecule has 0 aromatic carbocycles. The van der Waals surface area contributed by atoms with Crippen molar-refractivity contribution in [1.29, 1.82) is 0 Å². The maximum Gasteiger partial charge on any atom is 0.217 e. The first-order chi connectivity index (χ1) is 18.2. The third-order valence-electron chi connectivity index (χ3n) is 6.29. The first-order valence-electron chi connectivity index (χ1n) is 12.7. The number of carbonyl (C=O) groups is 1. The smallest absolute Gasteiger partial charge is 0.217 e. The number of carbonyl (C=O) groups excluding carboxylic acids is 1. The van der Waals surface area contributed by atoms with Gasteiger partial charge in [-0.25, -0.2) is 10.5 Å². The summed E-state index contributed by atoms with van der Waals surface area (Å²) in [4.78, 5) is 20.4. The molecule has 1 aromatic rings. The molecule has 0 bridgehead atoms. The van der Waals surface area contributed by atoms with Crippen LogP contribution in [-0.2, 0) is 35.2 Å². The molecule has 0 aliphatic carbocycles. The molecule has 1 aromatic heterocycles. The molecule has 2 aliphatic heterocycles. The fraction of sp³-hybridized carbons (Fsp3) is 0.750. The number of hydrogen-bond acceptors (Lipinski definition) is 12. The highest BCUT2D eigenvalue weighted by molar-refractivity contribution is 5.73. The molecule has 3 heterocycles. The molecule has 2 fully saturated rings. The minimum atomic E-state index is -1.62. The predicted octanol–water partition coefficient (Wildman–Crippen LogP) is -2.97. The number of rotatable bonds is 13. The molecule has 0 radical (unpaired) electrons. The highest BCUT2D eigenvalue weighted by Gasteiger charge is 2.48. The van der Waals surface area contributed by atoms with E-state index in [4.69, 9.17) is 23.8 Å². The van der Waals surface area contributed by atoms with Crippen LogP contribution in [0.25, 0.3) is 0 Å².